The Bertz CT molecular complexity index is 868. The number of aromatic nitrogens is 2. The van der Waals surface area contributed by atoms with Crippen molar-refractivity contribution in [2.75, 3.05) is 5.32 Å². The lowest BCUT2D eigenvalue weighted by Gasteiger charge is -2.09. The summed E-state index contributed by atoms with van der Waals surface area (Å²) >= 11 is 0. The van der Waals surface area contributed by atoms with Gasteiger partial charge in [0.05, 0.1) is 11.9 Å². The number of imidazole rings is 1. The summed E-state index contributed by atoms with van der Waals surface area (Å²) < 4.78 is 2.27. The Hall–Kier alpha value is -3.08. The molecule has 1 aliphatic heterocycles. The third kappa shape index (κ3) is 3.40. The fourth-order valence-electron chi connectivity index (χ4n) is 3.17. The molecule has 1 aromatic heterocycles. The number of carbonyl (C=O) groups excluding carboxylic acids is 1. The summed E-state index contributed by atoms with van der Waals surface area (Å²) in [5.74, 6) is 1.16. The molecule has 4 rings (SSSR count). The third-order valence-corrected chi connectivity index (χ3v) is 4.45. The molecule has 0 aliphatic carbocycles. The molecule has 2 aromatic carbocycles. The summed E-state index contributed by atoms with van der Waals surface area (Å²) in [5.41, 5.74) is 4.11. The van der Waals surface area contributed by atoms with Gasteiger partial charge in [-0.1, -0.05) is 42.5 Å². The number of urea groups is 1. The highest BCUT2D eigenvalue weighted by molar-refractivity contribution is 5.89. The topological polar surface area (TPSA) is 59.0 Å². The number of anilines is 1. The monoisotopic (exact) mass is 332 g/mol. The van der Waals surface area contributed by atoms with Crippen LogP contribution in [0.2, 0.25) is 0 Å². The van der Waals surface area contributed by atoms with Crippen molar-refractivity contribution in [1.29, 1.82) is 0 Å². The Morgan fingerprint density at radius 3 is 2.68 bits per heavy atom. The molecule has 0 atom stereocenters. The molecule has 0 spiro atoms. The van der Waals surface area contributed by atoms with E-state index >= 15 is 0 Å². The lowest BCUT2D eigenvalue weighted by molar-refractivity contribution is 0.251. The van der Waals surface area contributed by atoms with E-state index < -0.39 is 0 Å². The van der Waals surface area contributed by atoms with Gasteiger partial charge in [0.2, 0.25) is 0 Å². The number of carbonyl (C=O) groups is 1. The second-order valence-electron chi connectivity index (χ2n) is 6.19. The minimum atomic E-state index is -0.207. The number of aryl methyl sites for hydroxylation is 1. The molecule has 0 radical (unpaired) electrons. The van der Waals surface area contributed by atoms with Gasteiger partial charge in [0.15, 0.2) is 0 Å². The van der Waals surface area contributed by atoms with Crippen molar-refractivity contribution in [1.82, 2.24) is 14.9 Å². The lowest BCUT2D eigenvalue weighted by atomic mass is 10.1. The fraction of sp³-hybridized carbons (Fsp3) is 0.200. The molecule has 3 aromatic rings. The minimum Gasteiger partial charge on any atom is -0.334 e. The van der Waals surface area contributed by atoms with E-state index in [1.165, 1.54) is 0 Å². The molecule has 1 aliphatic rings. The van der Waals surface area contributed by atoms with E-state index in [9.17, 15) is 4.79 Å². The number of nitrogens with zero attached hydrogens (tertiary/aromatic N) is 2. The van der Waals surface area contributed by atoms with Crippen molar-refractivity contribution in [3.8, 4) is 11.3 Å². The second kappa shape index (κ2) is 6.81. The van der Waals surface area contributed by atoms with Crippen LogP contribution in [-0.4, -0.2) is 15.6 Å². The van der Waals surface area contributed by atoms with E-state index in [-0.39, 0.29) is 6.03 Å². The Labute approximate surface area is 146 Å². The number of hydrogen-bond donors (Lipinski definition) is 2. The molecule has 2 N–H and O–H groups in total. The van der Waals surface area contributed by atoms with Crippen LogP contribution in [0.1, 0.15) is 17.8 Å². The maximum atomic E-state index is 12.0. The largest absolute Gasteiger partial charge is 0.334 e. The summed E-state index contributed by atoms with van der Waals surface area (Å²) in [7, 11) is 0. The second-order valence-corrected chi connectivity index (χ2v) is 6.19. The number of fused-ring (bicyclic) bond motifs is 1. The van der Waals surface area contributed by atoms with Crippen molar-refractivity contribution in [2.24, 2.45) is 0 Å². The number of amides is 2. The first-order chi connectivity index (χ1) is 12.3. The first-order valence-electron chi connectivity index (χ1n) is 8.53. The molecule has 5 heteroatoms. The third-order valence-electron chi connectivity index (χ3n) is 4.45. The molecular weight excluding hydrogens is 312 g/mol. The summed E-state index contributed by atoms with van der Waals surface area (Å²) in [6, 6.07) is 17.5. The van der Waals surface area contributed by atoms with Crippen LogP contribution in [-0.2, 0) is 19.5 Å². The molecule has 0 saturated carbocycles. The van der Waals surface area contributed by atoms with Gasteiger partial charge in [-0.2, -0.15) is 0 Å². The van der Waals surface area contributed by atoms with Gasteiger partial charge in [0.1, 0.15) is 5.82 Å². The molecular formula is C20H20N4O. The zero-order chi connectivity index (χ0) is 17.1. The van der Waals surface area contributed by atoms with Gasteiger partial charge in [0.25, 0.3) is 0 Å². The maximum Gasteiger partial charge on any atom is 0.319 e. The van der Waals surface area contributed by atoms with Gasteiger partial charge in [-0.15, -0.1) is 0 Å². The van der Waals surface area contributed by atoms with Crippen LogP contribution in [0.4, 0.5) is 10.5 Å². The highest BCUT2D eigenvalue weighted by Gasteiger charge is 2.16. The Morgan fingerprint density at radius 2 is 1.88 bits per heavy atom. The summed E-state index contributed by atoms with van der Waals surface area (Å²) in [6.45, 7) is 1.54. The van der Waals surface area contributed by atoms with Crippen LogP contribution in [0.15, 0.2) is 60.8 Å². The van der Waals surface area contributed by atoms with Crippen molar-refractivity contribution < 1.29 is 4.79 Å². The molecule has 0 bridgehead atoms. The molecule has 5 nitrogen and oxygen atoms in total. The average Bonchev–Trinajstić information content (AvgIpc) is 3.25. The van der Waals surface area contributed by atoms with Crippen LogP contribution in [0.5, 0.6) is 0 Å². The Morgan fingerprint density at radius 1 is 1.08 bits per heavy atom. The van der Waals surface area contributed by atoms with E-state index in [4.69, 9.17) is 0 Å². The Balaban J connectivity index is 1.38. The van der Waals surface area contributed by atoms with Crippen molar-refractivity contribution in [3.05, 3.63) is 72.2 Å². The van der Waals surface area contributed by atoms with Crippen LogP contribution in [0.3, 0.4) is 0 Å². The molecule has 126 valence electrons. The number of rotatable bonds is 4. The molecule has 25 heavy (non-hydrogen) atoms. The van der Waals surface area contributed by atoms with E-state index in [1.54, 1.807) is 0 Å². The molecule has 0 unspecified atom stereocenters. The molecule has 2 heterocycles. The first-order valence-corrected chi connectivity index (χ1v) is 8.53. The van der Waals surface area contributed by atoms with Crippen LogP contribution in [0, 0.1) is 0 Å². The zero-order valence-electron chi connectivity index (χ0n) is 13.9. The SMILES string of the molecule is O=C(NCc1ccccc1)Nc1ccc(-c2cnc3n2CCC3)cc1. The molecule has 2 amide bonds. The smallest absolute Gasteiger partial charge is 0.319 e. The predicted molar refractivity (Wildman–Crippen MR) is 98.3 cm³/mol. The average molecular weight is 332 g/mol. The van der Waals surface area contributed by atoms with Crippen molar-refractivity contribution in [2.45, 2.75) is 25.9 Å². The Kier molecular flexibility index (Phi) is 4.21. The van der Waals surface area contributed by atoms with Gasteiger partial charge >= 0.3 is 6.03 Å². The van der Waals surface area contributed by atoms with Crippen molar-refractivity contribution >= 4 is 11.7 Å². The van der Waals surface area contributed by atoms with Crippen LogP contribution in [0.25, 0.3) is 11.3 Å². The minimum absolute atomic E-state index is 0.207. The van der Waals surface area contributed by atoms with Gasteiger partial charge in [-0.05, 0) is 29.7 Å². The van der Waals surface area contributed by atoms with E-state index in [0.717, 1.165) is 47.7 Å². The maximum absolute atomic E-state index is 12.0. The van der Waals surface area contributed by atoms with Gasteiger partial charge in [0, 0.05) is 25.2 Å². The predicted octanol–water partition coefficient (Wildman–Crippen LogP) is 3.82. The highest BCUT2D eigenvalue weighted by atomic mass is 16.2. The molecule has 0 saturated heterocycles. The molecule has 0 fully saturated rings. The van der Waals surface area contributed by atoms with Crippen molar-refractivity contribution in [3.63, 3.8) is 0 Å². The normalized spacial score (nSPS) is 12.6. The van der Waals surface area contributed by atoms with Gasteiger partial charge in [-0.25, -0.2) is 9.78 Å². The summed E-state index contributed by atoms with van der Waals surface area (Å²) in [6.07, 6.45) is 4.15. The summed E-state index contributed by atoms with van der Waals surface area (Å²) in [4.78, 5) is 16.5. The fourth-order valence-corrected chi connectivity index (χ4v) is 3.17. The van der Waals surface area contributed by atoms with E-state index in [1.807, 2.05) is 60.8 Å². The first kappa shape index (κ1) is 15.4. The summed E-state index contributed by atoms with van der Waals surface area (Å²) in [5, 5.41) is 5.72. The zero-order valence-corrected chi connectivity index (χ0v) is 13.9. The van der Waals surface area contributed by atoms with Gasteiger partial charge in [-0.3, -0.25) is 0 Å². The quantitative estimate of drug-likeness (QED) is 0.763. The number of nitrogens with one attached hydrogen (secondary N) is 2. The van der Waals surface area contributed by atoms with E-state index in [0.29, 0.717) is 6.54 Å². The van der Waals surface area contributed by atoms with Gasteiger partial charge < -0.3 is 15.2 Å². The highest BCUT2D eigenvalue weighted by Crippen LogP contribution is 2.26. The van der Waals surface area contributed by atoms with Crippen LogP contribution >= 0.6 is 0 Å². The standard InChI is InChI=1S/C20H20N4O/c25-20(22-13-15-5-2-1-3-6-15)23-17-10-8-16(9-11-17)18-14-21-19-7-4-12-24(18)19/h1-3,5-6,8-11,14H,4,7,12-13H2,(H2,22,23,25). The van der Waals surface area contributed by atoms with E-state index in [2.05, 4.69) is 20.2 Å². The number of hydrogen-bond acceptors (Lipinski definition) is 2. The lowest BCUT2D eigenvalue weighted by Crippen LogP contribution is -2.28. The number of benzene rings is 2. The van der Waals surface area contributed by atoms with Crippen LogP contribution < -0.4 is 10.6 Å².